The van der Waals surface area contributed by atoms with Crippen LogP contribution in [0, 0.1) is 5.92 Å². The lowest BCUT2D eigenvalue weighted by Gasteiger charge is -2.28. The zero-order valence-electron chi connectivity index (χ0n) is 13.3. The van der Waals surface area contributed by atoms with Crippen LogP contribution in [0.4, 0.5) is 0 Å². The van der Waals surface area contributed by atoms with Gasteiger partial charge in [0.25, 0.3) is 0 Å². The molecule has 0 N–H and O–H groups in total. The Labute approximate surface area is 131 Å². The molecular formula is C20H21NO. The van der Waals surface area contributed by atoms with Crippen LogP contribution in [0.1, 0.15) is 47.9 Å². The smallest absolute Gasteiger partial charge is 0.119 e. The summed E-state index contributed by atoms with van der Waals surface area (Å²) in [5.74, 6) is 2.40. The fraction of sp³-hybridized carbons (Fsp3) is 0.350. The molecule has 2 aliphatic rings. The fourth-order valence-electron chi connectivity index (χ4n) is 4.38. The first-order valence-corrected chi connectivity index (χ1v) is 8.00. The summed E-state index contributed by atoms with van der Waals surface area (Å²) in [7, 11) is 1.73. The van der Waals surface area contributed by atoms with Crippen molar-refractivity contribution in [3.8, 4) is 5.75 Å². The summed E-state index contributed by atoms with van der Waals surface area (Å²) in [6.07, 6.45) is 2.05. The van der Waals surface area contributed by atoms with Gasteiger partial charge in [0.2, 0.25) is 0 Å². The Bertz CT molecular complexity index is 749. The van der Waals surface area contributed by atoms with Gasteiger partial charge in [0, 0.05) is 18.1 Å². The Morgan fingerprint density at radius 1 is 0.955 bits per heavy atom. The minimum absolute atomic E-state index is 0.316. The molecule has 0 spiro atoms. The van der Waals surface area contributed by atoms with Crippen LogP contribution in [0.25, 0.3) is 0 Å². The van der Waals surface area contributed by atoms with Gasteiger partial charge in [0.05, 0.1) is 13.2 Å². The SMILES string of the molecule is COc1ccc2c(c1)C1c3ccccc3C(C(C)N=C2)C1C. The van der Waals surface area contributed by atoms with Crippen molar-refractivity contribution in [3.63, 3.8) is 0 Å². The third-order valence-corrected chi connectivity index (χ3v) is 5.38. The first-order chi connectivity index (χ1) is 10.7. The zero-order chi connectivity index (χ0) is 15.3. The second-order valence-corrected chi connectivity index (χ2v) is 6.51. The lowest BCUT2D eigenvalue weighted by molar-refractivity contribution is 0.401. The second-order valence-electron chi connectivity index (χ2n) is 6.51. The molecule has 0 saturated heterocycles. The average molecular weight is 291 g/mol. The Hall–Kier alpha value is -2.09. The molecule has 2 bridgehead atoms. The standard InChI is InChI=1S/C20H21NO/c1-12-19-13(2)21-11-14-8-9-15(22-3)10-18(14)20(12)17-7-5-4-6-16(17)19/h4-13,19-20H,1-3H3. The van der Waals surface area contributed by atoms with Crippen LogP contribution in [0.5, 0.6) is 5.75 Å². The molecule has 2 aromatic carbocycles. The summed E-state index contributed by atoms with van der Waals surface area (Å²) in [4.78, 5) is 4.84. The lowest BCUT2D eigenvalue weighted by atomic mass is 9.79. The largest absolute Gasteiger partial charge is 0.497 e. The minimum Gasteiger partial charge on any atom is -0.497 e. The molecule has 0 saturated carbocycles. The molecule has 0 amide bonds. The molecule has 0 radical (unpaired) electrons. The van der Waals surface area contributed by atoms with E-state index in [-0.39, 0.29) is 0 Å². The van der Waals surface area contributed by atoms with Gasteiger partial charge in [-0.1, -0.05) is 31.2 Å². The van der Waals surface area contributed by atoms with E-state index in [0.717, 1.165) is 5.75 Å². The van der Waals surface area contributed by atoms with Crippen LogP contribution >= 0.6 is 0 Å². The molecule has 0 fully saturated rings. The van der Waals surface area contributed by atoms with E-state index < -0.39 is 0 Å². The Morgan fingerprint density at radius 3 is 2.50 bits per heavy atom. The number of benzene rings is 2. The summed E-state index contributed by atoms with van der Waals surface area (Å²) in [6, 6.07) is 15.6. The van der Waals surface area contributed by atoms with Crippen LogP contribution in [-0.4, -0.2) is 19.4 Å². The van der Waals surface area contributed by atoms with E-state index in [1.807, 2.05) is 6.07 Å². The van der Waals surface area contributed by atoms with Crippen molar-refractivity contribution in [3.05, 3.63) is 64.7 Å². The van der Waals surface area contributed by atoms with Gasteiger partial charge in [0.15, 0.2) is 0 Å². The summed E-state index contributed by atoms with van der Waals surface area (Å²) in [5, 5.41) is 0. The minimum atomic E-state index is 0.316. The van der Waals surface area contributed by atoms with E-state index in [0.29, 0.717) is 23.8 Å². The number of fused-ring (bicyclic) bond motifs is 7. The molecular weight excluding hydrogens is 270 g/mol. The van der Waals surface area contributed by atoms with Crippen LogP contribution in [-0.2, 0) is 0 Å². The first-order valence-electron chi connectivity index (χ1n) is 8.00. The van der Waals surface area contributed by atoms with Crippen LogP contribution in [0.2, 0.25) is 0 Å². The van der Waals surface area contributed by atoms with Crippen molar-refractivity contribution in [2.24, 2.45) is 10.9 Å². The van der Waals surface area contributed by atoms with Gasteiger partial charge >= 0.3 is 0 Å². The van der Waals surface area contributed by atoms with E-state index >= 15 is 0 Å². The van der Waals surface area contributed by atoms with Crippen molar-refractivity contribution in [1.29, 1.82) is 0 Å². The van der Waals surface area contributed by atoms with E-state index in [1.54, 1.807) is 7.11 Å². The number of aliphatic imine (C=N–C) groups is 1. The quantitative estimate of drug-likeness (QED) is 0.764. The van der Waals surface area contributed by atoms with E-state index in [2.05, 4.69) is 56.5 Å². The lowest BCUT2D eigenvalue weighted by Crippen LogP contribution is -2.21. The van der Waals surface area contributed by atoms with Gasteiger partial charge in [-0.2, -0.15) is 0 Å². The van der Waals surface area contributed by atoms with Gasteiger partial charge in [-0.3, -0.25) is 4.99 Å². The molecule has 1 heterocycles. The topological polar surface area (TPSA) is 21.6 Å². The third kappa shape index (κ3) is 1.83. The predicted octanol–water partition coefficient (Wildman–Crippen LogP) is 4.38. The zero-order valence-corrected chi connectivity index (χ0v) is 13.3. The molecule has 0 aromatic heterocycles. The molecule has 22 heavy (non-hydrogen) atoms. The second kappa shape index (κ2) is 4.98. The van der Waals surface area contributed by atoms with Crippen molar-refractivity contribution >= 4 is 6.21 Å². The Morgan fingerprint density at radius 2 is 1.73 bits per heavy atom. The molecule has 2 heteroatoms. The van der Waals surface area contributed by atoms with Crippen molar-refractivity contribution in [2.75, 3.05) is 7.11 Å². The summed E-state index contributed by atoms with van der Waals surface area (Å²) in [5.41, 5.74) is 5.50. The first kappa shape index (κ1) is 13.6. The number of nitrogens with zero attached hydrogens (tertiary/aromatic N) is 1. The molecule has 2 aromatic rings. The summed E-state index contributed by atoms with van der Waals surface area (Å²) < 4.78 is 5.46. The van der Waals surface area contributed by atoms with Crippen LogP contribution in [0.3, 0.4) is 0 Å². The highest BCUT2D eigenvalue weighted by Crippen LogP contribution is 2.52. The maximum atomic E-state index is 5.46. The Balaban J connectivity index is 2.00. The van der Waals surface area contributed by atoms with Crippen LogP contribution < -0.4 is 4.74 Å². The van der Waals surface area contributed by atoms with Gasteiger partial charge < -0.3 is 4.74 Å². The van der Waals surface area contributed by atoms with Gasteiger partial charge in [0.1, 0.15) is 5.75 Å². The number of rotatable bonds is 1. The normalized spacial score (nSPS) is 28.5. The van der Waals surface area contributed by atoms with Gasteiger partial charge in [-0.15, -0.1) is 0 Å². The van der Waals surface area contributed by atoms with Crippen molar-refractivity contribution < 1.29 is 4.74 Å². The highest BCUT2D eigenvalue weighted by atomic mass is 16.5. The molecule has 1 aliphatic heterocycles. The Kier molecular flexibility index (Phi) is 3.07. The average Bonchev–Trinajstić information content (AvgIpc) is 2.85. The van der Waals surface area contributed by atoms with E-state index in [9.17, 15) is 0 Å². The molecule has 1 aliphatic carbocycles. The number of methoxy groups -OCH3 is 1. The maximum Gasteiger partial charge on any atom is 0.119 e. The number of ether oxygens (including phenoxy) is 1. The van der Waals surface area contributed by atoms with Crippen LogP contribution in [0.15, 0.2) is 47.5 Å². The third-order valence-electron chi connectivity index (χ3n) is 5.38. The molecule has 4 unspecified atom stereocenters. The van der Waals surface area contributed by atoms with Gasteiger partial charge in [-0.05, 0) is 53.3 Å². The van der Waals surface area contributed by atoms with Crippen molar-refractivity contribution in [1.82, 2.24) is 0 Å². The molecule has 2 nitrogen and oxygen atoms in total. The van der Waals surface area contributed by atoms with E-state index in [1.165, 1.54) is 22.3 Å². The predicted molar refractivity (Wildman–Crippen MR) is 90.2 cm³/mol. The van der Waals surface area contributed by atoms with Gasteiger partial charge in [-0.25, -0.2) is 0 Å². The molecule has 4 rings (SSSR count). The fourth-order valence-corrected chi connectivity index (χ4v) is 4.38. The highest BCUT2D eigenvalue weighted by molar-refractivity contribution is 5.83. The summed E-state index contributed by atoms with van der Waals surface area (Å²) >= 11 is 0. The number of hydrogen-bond donors (Lipinski definition) is 0. The maximum absolute atomic E-state index is 5.46. The monoisotopic (exact) mass is 291 g/mol. The highest BCUT2D eigenvalue weighted by Gasteiger charge is 2.42. The number of hydrogen-bond acceptors (Lipinski definition) is 2. The van der Waals surface area contributed by atoms with E-state index in [4.69, 9.17) is 9.73 Å². The summed E-state index contributed by atoms with van der Waals surface area (Å²) in [6.45, 7) is 4.61. The van der Waals surface area contributed by atoms with Crippen molar-refractivity contribution in [2.45, 2.75) is 31.7 Å². The molecule has 112 valence electrons. The molecule has 4 atom stereocenters.